The minimum Gasteiger partial charge on any atom is -0.313 e. The van der Waals surface area contributed by atoms with Gasteiger partial charge in [-0.2, -0.15) is 0 Å². The fourth-order valence-electron chi connectivity index (χ4n) is 2.22. The van der Waals surface area contributed by atoms with E-state index in [1.807, 2.05) is 0 Å². The van der Waals surface area contributed by atoms with Crippen molar-refractivity contribution in [1.29, 1.82) is 0 Å². The van der Waals surface area contributed by atoms with Gasteiger partial charge in [-0.05, 0) is 37.1 Å². The molecule has 72 valence electrons. The molecule has 1 aliphatic rings. The van der Waals surface area contributed by atoms with Crippen LogP contribution in [0.5, 0.6) is 0 Å². The van der Waals surface area contributed by atoms with Crippen LogP contribution in [0.2, 0.25) is 0 Å². The molecule has 1 aliphatic carbocycles. The molecule has 2 atom stereocenters. The van der Waals surface area contributed by atoms with Crippen molar-refractivity contribution in [2.24, 2.45) is 17.8 Å². The zero-order valence-corrected chi connectivity index (χ0v) is 8.93. The van der Waals surface area contributed by atoms with E-state index in [-0.39, 0.29) is 0 Å². The topological polar surface area (TPSA) is 12.0 Å². The Kier molecular flexibility index (Phi) is 3.57. The van der Waals surface area contributed by atoms with Gasteiger partial charge >= 0.3 is 0 Å². The first-order valence-corrected chi connectivity index (χ1v) is 5.34. The van der Waals surface area contributed by atoms with Crippen molar-refractivity contribution >= 4 is 0 Å². The van der Waals surface area contributed by atoms with Gasteiger partial charge in [-0.15, -0.1) is 0 Å². The van der Waals surface area contributed by atoms with E-state index in [1.165, 1.54) is 19.4 Å². The minimum absolute atomic E-state index is 0.782. The summed E-state index contributed by atoms with van der Waals surface area (Å²) in [5.41, 5.74) is 0. The molecule has 1 rings (SSSR count). The van der Waals surface area contributed by atoms with Crippen molar-refractivity contribution in [2.45, 2.75) is 46.6 Å². The first-order valence-electron chi connectivity index (χ1n) is 5.34. The average molecular weight is 169 g/mol. The Hall–Kier alpha value is -0.0400. The zero-order valence-electron chi connectivity index (χ0n) is 8.93. The maximum Gasteiger partial charge on any atom is 0.0118 e. The Morgan fingerprint density at radius 3 is 2.08 bits per heavy atom. The normalized spacial score (nSPS) is 36.2. The first-order chi connectivity index (χ1) is 5.61. The molecule has 1 N–H and O–H groups in total. The molecule has 0 aromatic heterocycles. The Balaban J connectivity index is 2.29. The second-order valence-corrected chi connectivity index (χ2v) is 4.86. The van der Waals surface area contributed by atoms with Crippen LogP contribution >= 0.6 is 0 Å². The van der Waals surface area contributed by atoms with E-state index in [1.54, 1.807) is 0 Å². The quantitative estimate of drug-likeness (QED) is 0.685. The summed E-state index contributed by atoms with van der Waals surface area (Å²) < 4.78 is 0. The van der Waals surface area contributed by atoms with Crippen molar-refractivity contribution in [2.75, 3.05) is 6.54 Å². The SMILES string of the molecule is CC(C)CNC1C(C)CCC1C. The maximum absolute atomic E-state index is 3.68. The lowest BCUT2D eigenvalue weighted by Crippen LogP contribution is -2.37. The monoisotopic (exact) mass is 169 g/mol. The van der Waals surface area contributed by atoms with Crippen LogP contribution in [0.25, 0.3) is 0 Å². The molecule has 1 heteroatoms. The first kappa shape index (κ1) is 10.0. The Morgan fingerprint density at radius 2 is 1.67 bits per heavy atom. The maximum atomic E-state index is 3.68. The van der Waals surface area contributed by atoms with E-state index >= 15 is 0 Å². The van der Waals surface area contributed by atoms with Gasteiger partial charge in [0.05, 0.1) is 0 Å². The largest absolute Gasteiger partial charge is 0.313 e. The van der Waals surface area contributed by atoms with E-state index in [4.69, 9.17) is 0 Å². The summed E-state index contributed by atoms with van der Waals surface area (Å²) in [7, 11) is 0. The molecule has 0 saturated heterocycles. The van der Waals surface area contributed by atoms with Gasteiger partial charge in [-0.25, -0.2) is 0 Å². The van der Waals surface area contributed by atoms with Crippen molar-refractivity contribution in [3.8, 4) is 0 Å². The fourth-order valence-corrected chi connectivity index (χ4v) is 2.22. The van der Waals surface area contributed by atoms with Crippen LogP contribution in [0.15, 0.2) is 0 Å². The zero-order chi connectivity index (χ0) is 9.14. The van der Waals surface area contributed by atoms with Crippen LogP contribution < -0.4 is 5.32 Å². The summed E-state index contributed by atoms with van der Waals surface area (Å²) in [6.45, 7) is 10.5. The molecule has 0 bridgehead atoms. The second kappa shape index (κ2) is 4.27. The standard InChI is InChI=1S/C11H23N/c1-8(2)7-12-11-9(3)5-6-10(11)4/h8-12H,5-7H2,1-4H3. The van der Waals surface area contributed by atoms with Gasteiger partial charge in [0.15, 0.2) is 0 Å². The molecule has 0 radical (unpaired) electrons. The van der Waals surface area contributed by atoms with E-state index in [0.717, 1.165) is 23.8 Å². The van der Waals surface area contributed by atoms with Gasteiger partial charge in [-0.3, -0.25) is 0 Å². The lowest BCUT2D eigenvalue weighted by atomic mass is 10.00. The predicted molar refractivity (Wildman–Crippen MR) is 54.2 cm³/mol. The molecule has 1 nitrogen and oxygen atoms in total. The summed E-state index contributed by atoms with van der Waals surface area (Å²) in [5.74, 6) is 2.56. The van der Waals surface area contributed by atoms with E-state index in [2.05, 4.69) is 33.0 Å². The number of nitrogens with one attached hydrogen (secondary N) is 1. The van der Waals surface area contributed by atoms with Crippen molar-refractivity contribution in [1.82, 2.24) is 5.32 Å². The molecule has 0 aromatic rings. The van der Waals surface area contributed by atoms with Crippen molar-refractivity contribution in [3.05, 3.63) is 0 Å². The van der Waals surface area contributed by atoms with Crippen molar-refractivity contribution < 1.29 is 0 Å². The van der Waals surface area contributed by atoms with Gasteiger partial charge in [0.25, 0.3) is 0 Å². The fraction of sp³-hybridized carbons (Fsp3) is 1.00. The molecular weight excluding hydrogens is 146 g/mol. The van der Waals surface area contributed by atoms with Crippen LogP contribution in [-0.4, -0.2) is 12.6 Å². The lowest BCUT2D eigenvalue weighted by Gasteiger charge is -2.22. The third-order valence-electron chi connectivity index (χ3n) is 3.07. The Morgan fingerprint density at radius 1 is 1.17 bits per heavy atom. The number of hydrogen-bond donors (Lipinski definition) is 1. The smallest absolute Gasteiger partial charge is 0.0118 e. The second-order valence-electron chi connectivity index (χ2n) is 4.86. The van der Waals surface area contributed by atoms with Gasteiger partial charge in [0, 0.05) is 6.04 Å². The molecule has 0 aromatic carbocycles. The van der Waals surface area contributed by atoms with Gasteiger partial charge in [-0.1, -0.05) is 27.7 Å². The van der Waals surface area contributed by atoms with Crippen LogP contribution in [-0.2, 0) is 0 Å². The highest BCUT2D eigenvalue weighted by atomic mass is 14.9. The lowest BCUT2D eigenvalue weighted by molar-refractivity contribution is 0.349. The van der Waals surface area contributed by atoms with Crippen LogP contribution in [0.3, 0.4) is 0 Å². The Bertz CT molecular complexity index is 121. The molecule has 1 fully saturated rings. The summed E-state index contributed by atoms with van der Waals surface area (Å²) in [6.07, 6.45) is 2.83. The summed E-state index contributed by atoms with van der Waals surface area (Å²) in [6, 6.07) is 0.785. The third-order valence-corrected chi connectivity index (χ3v) is 3.07. The van der Waals surface area contributed by atoms with Crippen LogP contribution in [0.4, 0.5) is 0 Å². The van der Waals surface area contributed by atoms with Gasteiger partial charge in [0.2, 0.25) is 0 Å². The van der Waals surface area contributed by atoms with Crippen LogP contribution in [0, 0.1) is 17.8 Å². The van der Waals surface area contributed by atoms with Gasteiger partial charge in [0.1, 0.15) is 0 Å². The van der Waals surface area contributed by atoms with E-state index in [9.17, 15) is 0 Å². The highest BCUT2D eigenvalue weighted by Crippen LogP contribution is 2.30. The van der Waals surface area contributed by atoms with Crippen molar-refractivity contribution in [3.63, 3.8) is 0 Å². The predicted octanol–water partition coefficient (Wildman–Crippen LogP) is 2.67. The molecule has 0 spiro atoms. The third kappa shape index (κ3) is 2.48. The molecule has 0 aliphatic heterocycles. The van der Waals surface area contributed by atoms with Gasteiger partial charge < -0.3 is 5.32 Å². The minimum atomic E-state index is 0.782. The Labute approximate surface area is 76.9 Å². The summed E-state index contributed by atoms with van der Waals surface area (Å²) in [5, 5.41) is 3.68. The van der Waals surface area contributed by atoms with E-state index in [0.29, 0.717) is 0 Å². The van der Waals surface area contributed by atoms with E-state index < -0.39 is 0 Å². The highest BCUT2D eigenvalue weighted by molar-refractivity contribution is 4.85. The molecular formula is C11H23N. The summed E-state index contributed by atoms with van der Waals surface area (Å²) >= 11 is 0. The molecule has 1 saturated carbocycles. The highest BCUT2D eigenvalue weighted by Gasteiger charge is 2.29. The molecule has 0 amide bonds. The number of hydrogen-bond acceptors (Lipinski definition) is 1. The molecule has 0 heterocycles. The van der Waals surface area contributed by atoms with Crippen LogP contribution in [0.1, 0.15) is 40.5 Å². The molecule has 2 unspecified atom stereocenters. The average Bonchev–Trinajstić information content (AvgIpc) is 2.28. The molecule has 12 heavy (non-hydrogen) atoms. The number of rotatable bonds is 3. The summed E-state index contributed by atoms with van der Waals surface area (Å²) in [4.78, 5) is 0.